The van der Waals surface area contributed by atoms with Gasteiger partial charge in [0.2, 0.25) is 17.8 Å². The molecule has 0 fully saturated rings. The largest absolute Gasteiger partial charge is 0.309 e. The molecule has 0 saturated carbocycles. The Labute approximate surface area is 882 Å². The Bertz CT molecular complexity index is 11400. The van der Waals surface area contributed by atoms with Gasteiger partial charge in [-0.2, -0.15) is 29.9 Å². The van der Waals surface area contributed by atoms with E-state index in [-0.39, 0.29) is 88.3 Å². The molecule has 15 heteroatoms. The quantitative estimate of drug-likeness (QED) is 0.0979. The second-order valence-electron chi connectivity index (χ2n) is 36.4. The maximum absolute atomic E-state index is 8.93. The number of para-hydroxylation sites is 9. The Morgan fingerprint density at radius 1 is 0.147 bits per heavy atom. The monoisotopic (exact) mass is 1930 g/mol. The molecule has 0 aliphatic rings. The molecule has 0 atom stereocenters. The Balaban J connectivity index is 0.000000116. The van der Waals surface area contributed by atoms with Crippen molar-refractivity contribution in [1.29, 1.82) is 0 Å². The summed E-state index contributed by atoms with van der Waals surface area (Å²) in [6.07, 6.45) is 0. The van der Waals surface area contributed by atoms with Gasteiger partial charge in [0.25, 0.3) is 0 Å². The number of fused-ring (bicyclic) bond motifs is 20. The lowest BCUT2D eigenvalue weighted by molar-refractivity contribution is 0.953. The van der Waals surface area contributed by atoms with Gasteiger partial charge < -0.3 is 13.7 Å². The second-order valence-corrected chi connectivity index (χ2v) is 36.4. The van der Waals surface area contributed by atoms with Crippen LogP contribution in [0.25, 0.3) is 267 Å². The van der Waals surface area contributed by atoms with Crippen LogP contribution >= 0.6 is 0 Å². The molecule has 0 spiro atoms. The number of nitrogens with zero attached hydrogens (tertiary/aromatic N) is 15. The fourth-order valence-electron chi connectivity index (χ4n) is 21.3. The summed E-state index contributed by atoms with van der Waals surface area (Å²) in [6.45, 7) is 0. The Morgan fingerprint density at radius 2 is 0.433 bits per heavy atom. The van der Waals surface area contributed by atoms with Crippen molar-refractivity contribution < 1.29 is 20.6 Å². The van der Waals surface area contributed by atoms with Gasteiger partial charge in [-0.15, -0.1) is 0 Å². The van der Waals surface area contributed by atoms with Crippen LogP contribution in [0.5, 0.6) is 0 Å². The summed E-state index contributed by atoms with van der Waals surface area (Å²) in [7, 11) is 0. The molecule has 21 aromatic carbocycles. The van der Waals surface area contributed by atoms with Crippen LogP contribution in [0.4, 0.5) is 0 Å². The van der Waals surface area contributed by atoms with Crippen molar-refractivity contribution in [2.75, 3.05) is 0 Å². The van der Waals surface area contributed by atoms with Crippen LogP contribution in [0.15, 0.2) is 527 Å². The van der Waals surface area contributed by atoms with E-state index >= 15 is 0 Å². The number of hydrogen-bond acceptors (Lipinski definition) is 9. The first-order chi connectivity index (χ1) is 80.7. The van der Waals surface area contributed by atoms with E-state index < -0.39 is 54.4 Å². The third kappa shape index (κ3) is 15.2. The number of hydrogen-bond donors (Lipinski definition) is 0. The molecule has 150 heavy (non-hydrogen) atoms. The van der Waals surface area contributed by atoms with Gasteiger partial charge in [-0.25, -0.2) is 15.0 Å². The third-order valence-corrected chi connectivity index (χ3v) is 27.8. The molecule has 0 aliphatic carbocycles. The minimum absolute atomic E-state index is 0.0189. The van der Waals surface area contributed by atoms with Gasteiger partial charge in [-0.3, -0.25) is 13.7 Å². The molecule has 0 unspecified atom stereocenters. The van der Waals surface area contributed by atoms with Crippen molar-refractivity contribution in [2.45, 2.75) is 0 Å². The van der Waals surface area contributed by atoms with Crippen molar-refractivity contribution >= 4 is 131 Å². The maximum Gasteiger partial charge on any atom is 0.238 e. The molecule has 702 valence electrons. The topological polar surface area (TPSA) is 146 Å². The van der Waals surface area contributed by atoms with Gasteiger partial charge in [0.05, 0.1) is 86.8 Å². The van der Waals surface area contributed by atoms with Crippen molar-refractivity contribution in [3.63, 3.8) is 0 Å². The zero-order valence-corrected chi connectivity index (χ0v) is 79.8. The zero-order chi connectivity index (χ0) is 112. The lowest BCUT2D eigenvalue weighted by Gasteiger charge is -2.13. The van der Waals surface area contributed by atoms with Crippen molar-refractivity contribution in [3.8, 4) is 137 Å². The van der Waals surface area contributed by atoms with Crippen LogP contribution in [-0.2, 0) is 0 Å². The van der Waals surface area contributed by atoms with E-state index in [0.29, 0.717) is 34.2 Å². The summed E-state index contributed by atoms with van der Waals surface area (Å²) in [4.78, 5) is 45.0. The molecule has 0 bridgehead atoms. The fourth-order valence-corrected chi connectivity index (χ4v) is 21.3. The zero-order valence-electron chi connectivity index (χ0n) is 94.8. The first kappa shape index (κ1) is 72.7. The van der Waals surface area contributed by atoms with Crippen LogP contribution in [0.3, 0.4) is 0 Å². The van der Waals surface area contributed by atoms with Crippen molar-refractivity contribution in [3.05, 3.63) is 527 Å². The Morgan fingerprint density at radius 3 is 0.873 bits per heavy atom. The number of benzene rings is 21. The van der Waals surface area contributed by atoms with E-state index in [1.54, 1.807) is 0 Å². The average Bonchev–Trinajstić information content (AvgIpc) is 1.55. The highest BCUT2D eigenvalue weighted by Crippen LogP contribution is 2.48. The van der Waals surface area contributed by atoms with Crippen LogP contribution in [0, 0.1) is 0 Å². The molecule has 30 rings (SSSR count). The molecule has 0 radical (unpaired) electrons. The molecule has 0 aliphatic heterocycles. The molecule has 0 N–H and O–H groups in total. The Hall–Kier alpha value is -20.6. The van der Waals surface area contributed by atoms with Gasteiger partial charge in [0.15, 0.2) is 34.9 Å². The first-order valence-corrected chi connectivity index (χ1v) is 49.2. The smallest absolute Gasteiger partial charge is 0.238 e. The predicted octanol–water partition coefficient (Wildman–Crippen LogP) is 33.2. The maximum atomic E-state index is 8.93. The molecular weight excluding hydrogens is 1830 g/mol. The van der Waals surface area contributed by atoms with Crippen LogP contribution in [-0.4, -0.2) is 72.3 Å². The molecule has 30 aromatic rings. The molecule has 15 nitrogen and oxygen atoms in total. The van der Waals surface area contributed by atoms with Crippen molar-refractivity contribution in [1.82, 2.24) is 72.3 Å². The number of rotatable bonds is 15. The summed E-state index contributed by atoms with van der Waals surface area (Å²) in [5.41, 5.74) is 22.1. The van der Waals surface area contributed by atoms with Gasteiger partial charge in [-0.05, 0) is 137 Å². The molecule has 9 aromatic heterocycles. The summed E-state index contributed by atoms with van der Waals surface area (Å²) in [5.74, 6) is 1.61. The summed E-state index contributed by atoms with van der Waals surface area (Å²) in [5, 5.41) is 12.3. The molecular formula is C135H87N15. The minimum Gasteiger partial charge on any atom is -0.309 e. The van der Waals surface area contributed by atoms with Crippen LogP contribution in [0.1, 0.15) is 20.6 Å². The third-order valence-electron chi connectivity index (χ3n) is 27.8. The van der Waals surface area contributed by atoms with Crippen molar-refractivity contribution in [2.24, 2.45) is 0 Å². The van der Waals surface area contributed by atoms with E-state index in [1.165, 1.54) is 0 Å². The van der Waals surface area contributed by atoms with Gasteiger partial charge in [0.1, 0.15) is 0 Å². The average molecular weight is 1930 g/mol. The molecule has 0 amide bonds. The first-order valence-electron chi connectivity index (χ1n) is 56.7. The van der Waals surface area contributed by atoms with E-state index in [1.807, 2.05) is 311 Å². The second kappa shape index (κ2) is 37.0. The molecule has 9 heterocycles. The normalized spacial score (nSPS) is 13.0. The van der Waals surface area contributed by atoms with E-state index in [2.05, 4.69) is 153 Å². The highest BCUT2D eigenvalue weighted by molar-refractivity contribution is 6.28. The van der Waals surface area contributed by atoms with E-state index in [0.717, 1.165) is 181 Å². The van der Waals surface area contributed by atoms with Gasteiger partial charge >= 0.3 is 0 Å². The summed E-state index contributed by atoms with van der Waals surface area (Å²) >= 11 is 0. The number of aromatic nitrogens is 15. The summed E-state index contributed by atoms with van der Waals surface area (Å²) < 4.78 is 142. The minimum atomic E-state index is -0.484. The molecule has 0 saturated heterocycles. The Kier molecular flexibility index (Phi) is 17.9. The highest BCUT2D eigenvalue weighted by atomic mass is 15.2. The SMILES string of the molecule is [2H]c1c([2H])c([2H])c(-c2nc(-c3ccc(-c4ccccc4)cc3)nc(-n3c4ccccc4c4cc5c6ccccc6n(-c6ccccc6)c5cc43)n2)c([2H])c1[2H].[2H]c1c([2H])c([2H])c(-c2nc(-c3cccc(-c4ccccc4)c3)nc(-n3c4ccccc4c4ccc5c(c6ccccc6n5-c5ccccc5)c43)n2)c([2H])c1[2H].[2H]c1c([2H])c([2H])c(-c2nc(-c3ccccc3-c3ccccc3)nc(-n3c4ccccc4c4ccc5c(c6ccccc6n5-c5ccccc5)c43)n2)c([2H])c1[2H]. The highest BCUT2D eigenvalue weighted by Gasteiger charge is 2.29. The lowest BCUT2D eigenvalue weighted by atomic mass is 9.99. The van der Waals surface area contributed by atoms with Crippen LogP contribution in [0.2, 0.25) is 0 Å². The van der Waals surface area contributed by atoms with E-state index in [9.17, 15) is 0 Å². The standard InChI is InChI=1S/3C45H29N5/c1-4-15-30(16-5-1)32-19-14-20-33(29-32)44-46-43(31-17-6-2-7-18-31)47-45(48-44)50-38-25-12-10-23-35(38)36-27-28-40-41(42(36)50)37-24-11-13-26-39(37)49(40)34-21-8-3-9-22-34;1-4-14-30(15-5-1)31-24-26-33(27-25-31)44-46-43(32-16-6-2-7-17-32)47-45(48-44)50-40-23-13-11-21-36(40)38-28-37-35-20-10-12-22-39(35)49(41(37)29-42(38)50)34-18-8-3-9-19-34;1-4-16-30(17-5-1)33-22-10-11-24-36(33)44-46-43(31-18-6-2-7-19-31)47-45(48-44)50-38-26-14-12-23-34(38)35-28-29-40-41(42(35)50)37-25-13-15-27-39(37)49(40)32-20-8-3-9-21-32/h3*1-29H/i2D,6D,7D,17D,18D;2D,6D,7D,16D,17D;2D,6D,7D,18D,19D. The predicted molar refractivity (Wildman–Crippen MR) is 614 cm³/mol. The van der Waals surface area contributed by atoms with Gasteiger partial charge in [0, 0.05) is 115 Å². The van der Waals surface area contributed by atoms with Crippen LogP contribution < -0.4 is 0 Å². The fraction of sp³-hybridized carbons (Fsp3) is 0. The van der Waals surface area contributed by atoms with E-state index in [4.69, 9.17) is 65.4 Å². The van der Waals surface area contributed by atoms with Gasteiger partial charge in [-0.1, -0.05) is 424 Å². The lowest BCUT2D eigenvalue weighted by Crippen LogP contribution is -2.07. The summed E-state index contributed by atoms with van der Waals surface area (Å²) in [6, 6.07) is 140.